The van der Waals surface area contributed by atoms with Crippen molar-refractivity contribution in [3.63, 3.8) is 0 Å². The summed E-state index contributed by atoms with van der Waals surface area (Å²) in [6.07, 6.45) is 2.18. The van der Waals surface area contributed by atoms with Gasteiger partial charge in [0.15, 0.2) is 8.32 Å². The van der Waals surface area contributed by atoms with Gasteiger partial charge in [-0.15, -0.1) is 0 Å². The quantitative estimate of drug-likeness (QED) is 0.643. The number of hydrogen-bond acceptors (Lipinski definition) is 5. The number of rotatable bonds is 4. The highest BCUT2D eigenvalue weighted by Crippen LogP contribution is 2.40. The first kappa shape index (κ1) is 22.8. The molecule has 2 aliphatic rings. The Bertz CT molecular complexity index is 964. The first-order valence-corrected chi connectivity index (χ1v) is 14.3. The Balaban J connectivity index is 1.55. The normalized spacial score (nSPS) is 21.6. The lowest BCUT2D eigenvalue weighted by atomic mass is 9.78. The molecule has 0 aliphatic carbocycles. The number of aromatic nitrogens is 1. The van der Waals surface area contributed by atoms with Gasteiger partial charge < -0.3 is 18.6 Å². The molecule has 3 heterocycles. The molecule has 4 rings (SSSR count). The molecule has 168 valence electrons. The number of fused-ring (bicyclic) bond motifs is 1. The topological polar surface area (TPSA) is 43.8 Å². The Hall–Kier alpha value is -1.41. The average Bonchev–Trinajstić information content (AvgIpc) is 2.83. The summed E-state index contributed by atoms with van der Waals surface area (Å²) in [6, 6.07) is 8.50. The van der Waals surface area contributed by atoms with Crippen molar-refractivity contribution in [2.45, 2.75) is 83.9 Å². The first-order chi connectivity index (χ1) is 14.2. The molecular weight excluding hydrogens is 403 g/mol. The summed E-state index contributed by atoms with van der Waals surface area (Å²) in [5.74, 6) is 1.02. The summed E-state index contributed by atoms with van der Waals surface area (Å²) < 4.78 is 19.1. The van der Waals surface area contributed by atoms with Crippen LogP contribution in [0.25, 0.3) is 10.8 Å². The van der Waals surface area contributed by atoms with E-state index >= 15 is 0 Å². The molecule has 0 atom stereocenters. The SMILES string of the molecule is CC1(C)OB(c2ccc3ccnc(N4CC(O[Si](C)(C)C(C)(C)C)C4)c3c2)OC1(C)C. The fourth-order valence-electron chi connectivity index (χ4n) is 3.83. The van der Waals surface area contributed by atoms with Crippen LogP contribution >= 0.6 is 0 Å². The zero-order valence-corrected chi connectivity index (χ0v) is 21.6. The van der Waals surface area contributed by atoms with Crippen molar-refractivity contribution in [1.82, 2.24) is 4.98 Å². The Labute approximate surface area is 188 Å². The minimum atomic E-state index is -1.76. The molecule has 0 saturated carbocycles. The molecule has 0 spiro atoms. The van der Waals surface area contributed by atoms with Gasteiger partial charge in [0.1, 0.15) is 5.82 Å². The van der Waals surface area contributed by atoms with Crippen LogP contribution in [0.5, 0.6) is 0 Å². The summed E-state index contributed by atoms with van der Waals surface area (Å²) in [5, 5.41) is 2.54. The molecule has 0 N–H and O–H groups in total. The number of hydrogen-bond donors (Lipinski definition) is 0. The van der Waals surface area contributed by atoms with E-state index in [-0.39, 0.29) is 29.5 Å². The van der Waals surface area contributed by atoms with Gasteiger partial charge in [0, 0.05) is 24.7 Å². The zero-order chi connectivity index (χ0) is 22.8. The third-order valence-electron chi connectivity index (χ3n) is 7.71. The molecule has 31 heavy (non-hydrogen) atoms. The smallest absolute Gasteiger partial charge is 0.410 e. The predicted octanol–water partition coefficient (Wildman–Crippen LogP) is 4.74. The van der Waals surface area contributed by atoms with Crippen molar-refractivity contribution in [2.75, 3.05) is 18.0 Å². The van der Waals surface area contributed by atoms with Crippen LogP contribution in [-0.4, -0.2) is 50.8 Å². The summed E-state index contributed by atoms with van der Waals surface area (Å²) >= 11 is 0. The maximum absolute atomic E-state index is 6.58. The van der Waals surface area contributed by atoms with Gasteiger partial charge >= 0.3 is 7.12 Å². The Kier molecular flexibility index (Phi) is 5.37. The summed E-state index contributed by atoms with van der Waals surface area (Å²) in [4.78, 5) is 7.06. The van der Waals surface area contributed by atoms with Gasteiger partial charge in [-0.25, -0.2) is 4.98 Å². The second kappa shape index (κ2) is 7.30. The number of benzene rings is 1. The highest BCUT2D eigenvalue weighted by molar-refractivity contribution is 6.74. The van der Waals surface area contributed by atoms with Crippen molar-refractivity contribution in [3.8, 4) is 0 Å². The van der Waals surface area contributed by atoms with Crippen LogP contribution in [0.3, 0.4) is 0 Å². The molecule has 2 aromatic rings. The fourth-order valence-corrected chi connectivity index (χ4v) is 5.16. The van der Waals surface area contributed by atoms with Crippen LogP contribution in [0.2, 0.25) is 18.1 Å². The van der Waals surface area contributed by atoms with E-state index < -0.39 is 8.32 Å². The standard InChI is InChI=1S/C24H37BN2O3Si/c1-22(2,3)31(8,9)28-19-15-27(16-19)21-20-14-18(11-10-17(20)12-13-26-21)25-29-23(4,5)24(6,7)30-25/h10-14,19H,15-16H2,1-9H3. The first-order valence-electron chi connectivity index (χ1n) is 11.4. The Morgan fingerprint density at radius 3 is 2.26 bits per heavy atom. The van der Waals surface area contributed by atoms with Crippen LogP contribution in [0, 0.1) is 0 Å². The lowest BCUT2D eigenvalue weighted by molar-refractivity contribution is 0.00578. The second-order valence-corrected chi connectivity index (χ2v) is 16.4. The molecule has 5 nitrogen and oxygen atoms in total. The molecule has 2 aliphatic heterocycles. The van der Waals surface area contributed by atoms with Gasteiger partial charge in [-0.05, 0) is 62.7 Å². The summed E-state index contributed by atoms with van der Waals surface area (Å²) in [6.45, 7) is 21.6. The van der Waals surface area contributed by atoms with Crippen molar-refractivity contribution in [2.24, 2.45) is 0 Å². The van der Waals surface area contributed by atoms with Gasteiger partial charge in [0.2, 0.25) is 0 Å². The van der Waals surface area contributed by atoms with Crippen LogP contribution in [0.1, 0.15) is 48.5 Å². The molecule has 0 radical (unpaired) electrons. The Morgan fingerprint density at radius 1 is 1.06 bits per heavy atom. The lowest BCUT2D eigenvalue weighted by Gasteiger charge is -2.47. The molecule has 0 bridgehead atoms. The summed E-state index contributed by atoms with van der Waals surface area (Å²) in [5.41, 5.74) is 0.335. The summed E-state index contributed by atoms with van der Waals surface area (Å²) in [7, 11) is -2.12. The number of anilines is 1. The van der Waals surface area contributed by atoms with E-state index in [2.05, 4.69) is 90.7 Å². The van der Waals surface area contributed by atoms with Crippen molar-refractivity contribution in [1.29, 1.82) is 0 Å². The van der Waals surface area contributed by atoms with Crippen LogP contribution in [-0.2, 0) is 13.7 Å². The van der Waals surface area contributed by atoms with E-state index in [1.54, 1.807) is 0 Å². The monoisotopic (exact) mass is 440 g/mol. The second-order valence-electron chi connectivity index (χ2n) is 11.6. The van der Waals surface area contributed by atoms with Gasteiger partial charge in [0.05, 0.1) is 17.3 Å². The van der Waals surface area contributed by atoms with E-state index in [1.807, 2.05) is 6.20 Å². The lowest BCUT2D eigenvalue weighted by Crippen LogP contribution is -2.58. The Morgan fingerprint density at radius 2 is 1.68 bits per heavy atom. The van der Waals surface area contributed by atoms with E-state index in [0.29, 0.717) is 0 Å². The van der Waals surface area contributed by atoms with E-state index in [0.717, 1.165) is 29.8 Å². The average molecular weight is 440 g/mol. The molecule has 1 aromatic heterocycles. The molecular formula is C24H37BN2O3Si. The third-order valence-corrected chi connectivity index (χ3v) is 12.2. The van der Waals surface area contributed by atoms with Crippen LogP contribution in [0.4, 0.5) is 5.82 Å². The van der Waals surface area contributed by atoms with Crippen LogP contribution in [0.15, 0.2) is 30.5 Å². The van der Waals surface area contributed by atoms with Gasteiger partial charge in [0.25, 0.3) is 0 Å². The highest BCUT2D eigenvalue weighted by atomic mass is 28.4. The molecule has 0 amide bonds. The molecule has 2 fully saturated rings. The molecule has 1 aromatic carbocycles. The highest BCUT2D eigenvalue weighted by Gasteiger charge is 2.51. The maximum atomic E-state index is 6.58. The molecule has 7 heteroatoms. The minimum absolute atomic E-state index is 0.225. The maximum Gasteiger partial charge on any atom is 0.494 e. The van der Waals surface area contributed by atoms with E-state index in [9.17, 15) is 0 Å². The van der Waals surface area contributed by atoms with Crippen molar-refractivity contribution >= 4 is 37.5 Å². The third kappa shape index (κ3) is 4.06. The predicted molar refractivity (Wildman–Crippen MR) is 132 cm³/mol. The van der Waals surface area contributed by atoms with Gasteiger partial charge in [-0.2, -0.15) is 0 Å². The number of pyridine rings is 1. The van der Waals surface area contributed by atoms with Gasteiger partial charge in [-0.3, -0.25) is 0 Å². The van der Waals surface area contributed by atoms with Crippen molar-refractivity contribution in [3.05, 3.63) is 30.5 Å². The van der Waals surface area contributed by atoms with E-state index in [4.69, 9.17) is 18.7 Å². The fraction of sp³-hybridized carbons (Fsp3) is 0.625. The zero-order valence-electron chi connectivity index (χ0n) is 20.6. The van der Waals surface area contributed by atoms with Crippen molar-refractivity contribution < 1.29 is 13.7 Å². The molecule has 2 saturated heterocycles. The molecule has 0 unspecified atom stereocenters. The number of nitrogens with zero attached hydrogens (tertiary/aromatic N) is 2. The minimum Gasteiger partial charge on any atom is -0.410 e. The largest absolute Gasteiger partial charge is 0.494 e. The van der Waals surface area contributed by atoms with Crippen LogP contribution < -0.4 is 10.4 Å². The van der Waals surface area contributed by atoms with Gasteiger partial charge in [-0.1, -0.05) is 39.0 Å². The van der Waals surface area contributed by atoms with E-state index in [1.165, 1.54) is 5.39 Å².